The van der Waals surface area contributed by atoms with Gasteiger partial charge in [0.25, 0.3) is 5.88 Å². The number of nitrogens with one attached hydrogen (secondary N) is 1. The van der Waals surface area contributed by atoms with Crippen molar-refractivity contribution in [2.45, 2.75) is 122 Å². The largest absolute Gasteiger partial charge is 0.487 e. The van der Waals surface area contributed by atoms with Gasteiger partial charge in [-0.3, -0.25) is 9.58 Å². The fourth-order valence-electron chi connectivity index (χ4n) is 7.49. The van der Waals surface area contributed by atoms with Crippen molar-refractivity contribution in [3.05, 3.63) is 48.1 Å². The van der Waals surface area contributed by atoms with Gasteiger partial charge in [-0.25, -0.2) is 14.6 Å². The Balaban J connectivity index is 1.02. The van der Waals surface area contributed by atoms with E-state index in [1.165, 1.54) is 0 Å². The van der Waals surface area contributed by atoms with Gasteiger partial charge in [0.2, 0.25) is 5.95 Å². The molecule has 0 radical (unpaired) electrons. The average molecular weight is 751 g/mol. The molecule has 0 amide bonds. The monoisotopic (exact) mass is 750 g/mol. The second kappa shape index (κ2) is 17.5. The van der Waals surface area contributed by atoms with Crippen LogP contribution in [0.5, 0.6) is 11.6 Å². The second-order valence-corrected chi connectivity index (χ2v) is 15.0. The number of nitrogens with zero attached hydrogens (tertiary/aromatic N) is 9. The molecule has 1 aliphatic carbocycles. The van der Waals surface area contributed by atoms with Crippen LogP contribution in [0.3, 0.4) is 0 Å². The fraction of sp³-hybridized carbons (Fsp3) is 0.622. The Labute approximate surface area is 315 Å². The molecule has 2 aliphatic heterocycles. The molecule has 7 rings (SSSR count). The molecule has 15 nitrogen and oxygen atoms in total. The number of hydrogen-bond acceptors (Lipinski definition) is 13. The molecule has 1 aromatic carbocycles. The van der Waals surface area contributed by atoms with Crippen LogP contribution in [0.1, 0.15) is 78.7 Å². The van der Waals surface area contributed by atoms with E-state index in [0.717, 1.165) is 75.8 Å². The normalized spacial score (nSPS) is 25.1. The Morgan fingerprint density at radius 3 is 2.45 bits per heavy atom. The predicted molar refractivity (Wildman–Crippen MR) is 198 cm³/mol. The highest BCUT2D eigenvalue weighted by atomic mass is 35.5. The van der Waals surface area contributed by atoms with Crippen LogP contribution in [0.2, 0.25) is 5.02 Å². The third-order valence-electron chi connectivity index (χ3n) is 10.0. The van der Waals surface area contributed by atoms with Gasteiger partial charge in [-0.15, -0.1) is 10.2 Å². The van der Waals surface area contributed by atoms with Crippen molar-refractivity contribution >= 4 is 23.2 Å². The van der Waals surface area contributed by atoms with E-state index in [1.54, 1.807) is 29.5 Å². The lowest BCUT2D eigenvalue weighted by atomic mass is 9.89. The van der Waals surface area contributed by atoms with Gasteiger partial charge in [-0.2, -0.15) is 0 Å². The zero-order chi connectivity index (χ0) is 36.7. The van der Waals surface area contributed by atoms with Crippen molar-refractivity contribution in [2.75, 3.05) is 31.6 Å². The minimum atomic E-state index is -0.214. The van der Waals surface area contributed by atoms with Crippen LogP contribution in [0.4, 0.5) is 11.6 Å². The lowest BCUT2D eigenvalue weighted by Gasteiger charge is -2.42. The smallest absolute Gasteiger partial charge is 0.257 e. The third-order valence-corrected chi connectivity index (χ3v) is 10.3. The lowest BCUT2D eigenvalue weighted by molar-refractivity contribution is -0.189. The van der Waals surface area contributed by atoms with Crippen LogP contribution in [0.15, 0.2) is 43.1 Å². The molecular formula is C37H51ClN10O5. The Kier molecular flexibility index (Phi) is 12.4. The van der Waals surface area contributed by atoms with Gasteiger partial charge >= 0.3 is 0 Å². The van der Waals surface area contributed by atoms with Crippen LogP contribution in [-0.4, -0.2) is 108 Å². The molecule has 5 heterocycles. The first-order valence-electron chi connectivity index (χ1n) is 18.9. The number of tetrazole rings is 1. The first-order valence-corrected chi connectivity index (χ1v) is 19.3. The van der Waals surface area contributed by atoms with Crippen LogP contribution in [-0.2, 0) is 20.8 Å². The van der Waals surface area contributed by atoms with Gasteiger partial charge in [0.05, 0.1) is 42.1 Å². The van der Waals surface area contributed by atoms with E-state index in [9.17, 15) is 0 Å². The van der Waals surface area contributed by atoms with Gasteiger partial charge < -0.3 is 29.0 Å². The summed E-state index contributed by atoms with van der Waals surface area (Å²) in [6, 6.07) is 6.45. The zero-order valence-corrected chi connectivity index (χ0v) is 31.8. The molecule has 4 aromatic rings. The number of halogens is 1. The molecule has 16 heteroatoms. The van der Waals surface area contributed by atoms with E-state index in [2.05, 4.69) is 54.2 Å². The summed E-state index contributed by atoms with van der Waals surface area (Å²) < 4.78 is 34.0. The summed E-state index contributed by atoms with van der Waals surface area (Å²) in [7, 11) is 0. The van der Waals surface area contributed by atoms with Crippen LogP contribution in [0, 0.1) is 0 Å². The number of hydrogen-bond donors (Lipinski definition) is 1. The highest BCUT2D eigenvalue weighted by Crippen LogP contribution is 2.36. The highest BCUT2D eigenvalue weighted by Gasteiger charge is 2.32. The predicted octanol–water partition coefficient (Wildman–Crippen LogP) is 6.09. The first-order chi connectivity index (χ1) is 25.8. The molecule has 1 unspecified atom stereocenters. The summed E-state index contributed by atoms with van der Waals surface area (Å²) in [5.74, 6) is 1.47. The molecule has 1 N–H and O–H groups in total. The lowest BCUT2D eigenvalue weighted by Crippen LogP contribution is -2.51. The third kappa shape index (κ3) is 10.0. The van der Waals surface area contributed by atoms with E-state index in [1.807, 2.05) is 32.2 Å². The van der Waals surface area contributed by atoms with Crippen LogP contribution in [0.25, 0.3) is 11.1 Å². The molecule has 5 atom stereocenters. The molecule has 1 saturated carbocycles. The van der Waals surface area contributed by atoms with Crippen molar-refractivity contribution in [2.24, 2.45) is 0 Å². The summed E-state index contributed by atoms with van der Waals surface area (Å²) in [4.78, 5) is 11.9. The molecule has 0 spiro atoms. The van der Waals surface area contributed by atoms with Crippen LogP contribution < -0.4 is 14.8 Å². The summed E-state index contributed by atoms with van der Waals surface area (Å²) in [5, 5.41) is 20.1. The molecular weight excluding hydrogens is 700 g/mol. The van der Waals surface area contributed by atoms with Crippen molar-refractivity contribution in [1.82, 2.24) is 44.9 Å². The van der Waals surface area contributed by atoms with E-state index in [-0.39, 0.29) is 36.7 Å². The van der Waals surface area contributed by atoms with E-state index in [4.69, 9.17) is 40.4 Å². The quantitative estimate of drug-likeness (QED) is 0.159. The number of morpholine rings is 1. The highest BCUT2D eigenvalue weighted by molar-refractivity contribution is 6.32. The minimum absolute atomic E-state index is 0.170. The van der Waals surface area contributed by atoms with E-state index < -0.39 is 0 Å². The van der Waals surface area contributed by atoms with Gasteiger partial charge in [0, 0.05) is 43.7 Å². The Morgan fingerprint density at radius 2 is 1.74 bits per heavy atom. The number of aromatic nitrogens is 8. The molecule has 2 saturated heterocycles. The van der Waals surface area contributed by atoms with E-state index in [0.29, 0.717) is 47.5 Å². The molecule has 0 bridgehead atoms. The minimum Gasteiger partial charge on any atom is -0.487 e. The molecule has 3 aromatic heterocycles. The number of ether oxygens (including phenoxy) is 5. The standard InChI is InChI=1S/C37H51ClN10O5/c1-24-18-46(19-25(2)51-24)30-9-11-31(12-10-30)48-21-33(36(43-48)50-22-27(4)53-35-7-5-6-14-49-35)42-37-39-16-29(17-40-37)28-8-13-32(38)34(15-28)52-26(3)20-47-23-41-44-45-47/h8,13,15-17,21,23-27,30-31,35H,5-7,9-12,14,18-20,22H2,1-4H3,(H,39,40,42)/t24-,25+,26-,27+,30?,31?,35?/m0/s1. The number of benzene rings is 1. The fourth-order valence-corrected chi connectivity index (χ4v) is 7.65. The topological polar surface area (TPSA) is 149 Å². The first kappa shape index (κ1) is 37.4. The Hall–Kier alpha value is -3.89. The summed E-state index contributed by atoms with van der Waals surface area (Å²) in [6.45, 7) is 11.8. The van der Waals surface area contributed by atoms with Gasteiger partial charge in [-0.05, 0) is 101 Å². The van der Waals surface area contributed by atoms with Gasteiger partial charge in [-0.1, -0.05) is 17.7 Å². The zero-order valence-electron chi connectivity index (χ0n) is 31.0. The van der Waals surface area contributed by atoms with Crippen molar-refractivity contribution < 1.29 is 23.7 Å². The summed E-state index contributed by atoms with van der Waals surface area (Å²) in [5.41, 5.74) is 2.39. The second-order valence-electron chi connectivity index (χ2n) is 14.6. The van der Waals surface area contributed by atoms with Crippen molar-refractivity contribution in [1.29, 1.82) is 0 Å². The maximum Gasteiger partial charge on any atom is 0.257 e. The Bertz CT molecular complexity index is 1720. The summed E-state index contributed by atoms with van der Waals surface area (Å²) >= 11 is 6.49. The molecule has 286 valence electrons. The molecule has 3 fully saturated rings. The van der Waals surface area contributed by atoms with E-state index >= 15 is 0 Å². The molecule has 53 heavy (non-hydrogen) atoms. The van der Waals surface area contributed by atoms with Crippen molar-refractivity contribution in [3.63, 3.8) is 0 Å². The Morgan fingerprint density at radius 1 is 0.962 bits per heavy atom. The maximum absolute atomic E-state index is 6.49. The van der Waals surface area contributed by atoms with Gasteiger partial charge in [0.15, 0.2) is 6.29 Å². The maximum atomic E-state index is 6.49. The number of rotatable bonds is 14. The van der Waals surface area contributed by atoms with Crippen LogP contribution >= 0.6 is 11.6 Å². The van der Waals surface area contributed by atoms with Crippen molar-refractivity contribution in [3.8, 4) is 22.8 Å². The van der Waals surface area contributed by atoms with Gasteiger partial charge in [0.1, 0.15) is 30.5 Å². The number of anilines is 2. The average Bonchev–Trinajstić information content (AvgIpc) is 3.82. The SMILES string of the molecule is C[C@H](COc1nn(C2CCC(N3C[C@@H](C)O[C@@H](C)C3)CC2)cc1Nc1ncc(-c2ccc(Cl)c(O[C@@H](C)Cn3cnnn3)c2)cn1)OC1CCCCO1. The summed E-state index contributed by atoms with van der Waals surface area (Å²) in [6.07, 6.45) is 14.5. The molecule has 3 aliphatic rings.